The fourth-order valence-corrected chi connectivity index (χ4v) is 1.18. The molecule has 17 heavy (non-hydrogen) atoms. The topological polar surface area (TPSA) is 74.2 Å². The van der Waals surface area contributed by atoms with Crippen molar-refractivity contribution in [2.24, 2.45) is 0 Å². The highest BCUT2D eigenvalue weighted by Crippen LogP contribution is 2.06. The summed E-state index contributed by atoms with van der Waals surface area (Å²) in [5, 5.41) is 9.52. The number of carbonyl (C=O) groups excluding carboxylic acids is 1. The number of esters is 1. The predicted molar refractivity (Wildman–Crippen MR) is 60.5 cm³/mol. The fourth-order valence-electron chi connectivity index (χ4n) is 1.18. The molecular formula is C11H22O6. The van der Waals surface area contributed by atoms with E-state index in [1.165, 1.54) is 7.11 Å². The molecule has 0 aromatic rings. The first-order valence-electron chi connectivity index (χ1n) is 5.53. The van der Waals surface area contributed by atoms with Gasteiger partial charge >= 0.3 is 5.97 Å². The number of hydrogen-bond acceptors (Lipinski definition) is 6. The second-order valence-corrected chi connectivity index (χ2v) is 3.67. The number of aliphatic hydroxyl groups excluding tert-OH is 1. The monoisotopic (exact) mass is 250 g/mol. The Kier molecular flexibility index (Phi) is 10.0. The van der Waals surface area contributed by atoms with E-state index in [-0.39, 0.29) is 19.3 Å². The Balaban J connectivity index is 3.50. The van der Waals surface area contributed by atoms with E-state index in [2.05, 4.69) is 4.74 Å². The van der Waals surface area contributed by atoms with Gasteiger partial charge in [0.2, 0.25) is 0 Å². The summed E-state index contributed by atoms with van der Waals surface area (Å²) in [7, 11) is 2.88. The summed E-state index contributed by atoms with van der Waals surface area (Å²) in [6.07, 6.45) is -0.592. The van der Waals surface area contributed by atoms with E-state index in [4.69, 9.17) is 14.2 Å². The summed E-state index contributed by atoms with van der Waals surface area (Å²) >= 11 is 0. The number of hydrogen-bond donors (Lipinski definition) is 1. The zero-order chi connectivity index (χ0) is 13.1. The highest BCUT2D eigenvalue weighted by molar-refractivity contribution is 5.69. The largest absolute Gasteiger partial charge is 0.469 e. The van der Waals surface area contributed by atoms with Crippen molar-refractivity contribution in [3.05, 3.63) is 0 Å². The second kappa shape index (κ2) is 10.5. The summed E-state index contributed by atoms with van der Waals surface area (Å²) in [5.41, 5.74) is 0. The van der Waals surface area contributed by atoms with E-state index in [0.29, 0.717) is 19.6 Å². The quantitative estimate of drug-likeness (QED) is 0.342. The van der Waals surface area contributed by atoms with Gasteiger partial charge in [0, 0.05) is 7.11 Å². The SMILES string of the molecule is COCCOCO[C@H](C)C[C@H](O)CC(=O)OC. The van der Waals surface area contributed by atoms with Crippen LogP contribution in [-0.2, 0) is 23.7 Å². The van der Waals surface area contributed by atoms with Crippen LogP contribution in [0.1, 0.15) is 19.8 Å². The molecule has 0 aliphatic heterocycles. The normalized spacial score (nSPS) is 14.4. The van der Waals surface area contributed by atoms with Gasteiger partial charge < -0.3 is 24.1 Å². The first-order valence-corrected chi connectivity index (χ1v) is 5.53. The minimum Gasteiger partial charge on any atom is -0.469 e. The molecular weight excluding hydrogens is 228 g/mol. The van der Waals surface area contributed by atoms with Crippen molar-refractivity contribution in [1.29, 1.82) is 0 Å². The van der Waals surface area contributed by atoms with Crippen LogP contribution < -0.4 is 0 Å². The molecule has 0 fully saturated rings. The standard InChI is InChI=1S/C11H22O6/c1-9(17-8-16-5-4-14-2)6-10(12)7-11(13)15-3/h9-10,12H,4-8H2,1-3H3/t9-,10+/m1/s1. The molecule has 102 valence electrons. The lowest BCUT2D eigenvalue weighted by molar-refractivity contribution is -0.143. The number of aliphatic hydroxyl groups is 1. The van der Waals surface area contributed by atoms with Crippen molar-refractivity contribution in [2.75, 3.05) is 34.2 Å². The Hall–Kier alpha value is -0.690. The van der Waals surface area contributed by atoms with Gasteiger partial charge in [-0.05, 0) is 13.3 Å². The lowest BCUT2D eigenvalue weighted by atomic mass is 10.1. The van der Waals surface area contributed by atoms with E-state index < -0.39 is 12.1 Å². The van der Waals surface area contributed by atoms with E-state index in [1.54, 1.807) is 14.0 Å². The van der Waals surface area contributed by atoms with Gasteiger partial charge in [0.15, 0.2) is 0 Å². The van der Waals surface area contributed by atoms with Crippen molar-refractivity contribution in [3.63, 3.8) is 0 Å². The third-order valence-electron chi connectivity index (χ3n) is 2.10. The molecule has 0 unspecified atom stereocenters. The van der Waals surface area contributed by atoms with Crippen LogP contribution in [0.4, 0.5) is 0 Å². The molecule has 0 heterocycles. The fraction of sp³-hybridized carbons (Fsp3) is 0.909. The zero-order valence-electron chi connectivity index (χ0n) is 10.7. The van der Waals surface area contributed by atoms with E-state index >= 15 is 0 Å². The summed E-state index contributed by atoms with van der Waals surface area (Å²) in [6.45, 7) is 2.94. The molecule has 0 rings (SSSR count). The van der Waals surface area contributed by atoms with E-state index in [1.807, 2.05) is 0 Å². The minimum absolute atomic E-state index is 0.0191. The van der Waals surface area contributed by atoms with Crippen LogP contribution in [0, 0.1) is 0 Å². The first-order chi connectivity index (χ1) is 8.10. The van der Waals surface area contributed by atoms with Crippen molar-refractivity contribution >= 4 is 5.97 Å². The van der Waals surface area contributed by atoms with Gasteiger partial charge in [-0.1, -0.05) is 0 Å². The molecule has 0 aliphatic rings. The van der Waals surface area contributed by atoms with Crippen LogP contribution in [-0.4, -0.2) is 57.5 Å². The maximum atomic E-state index is 10.9. The Morgan fingerprint density at radius 3 is 2.59 bits per heavy atom. The molecule has 6 nitrogen and oxygen atoms in total. The summed E-state index contributed by atoms with van der Waals surface area (Å²) in [4.78, 5) is 10.9. The Morgan fingerprint density at radius 1 is 1.29 bits per heavy atom. The van der Waals surface area contributed by atoms with Crippen LogP contribution in [0.5, 0.6) is 0 Å². The van der Waals surface area contributed by atoms with Gasteiger partial charge in [-0.15, -0.1) is 0 Å². The molecule has 2 atom stereocenters. The van der Waals surface area contributed by atoms with Gasteiger partial charge in [-0.3, -0.25) is 4.79 Å². The van der Waals surface area contributed by atoms with Gasteiger partial charge in [-0.25, -0.2) is 0 Å². The summed E-state index contributed by atoms with van der Waals surface area (Å²) in [5.74, 6) is -0.430. The second-order valence-electron chi connectivity index (χ2n) is 3.67. The lowest BCUT2D eigenvalue weighted by Crippen LogP contribution is -2.22. The Labute approximate surface area is 102 Å². The van der Waals surface area contributed by atoms with Crippen molar-refractivity contribution in [1.82, 2.24) is 0 Å². The van der Waals surface area contributed by atoms with Crippen molar-refractivity contribution in [3.8, 4) is 0 Å². The molecule has 0 spiro atoms. The molecule has 0 aromatic carbocycles. The van der Waals surface area contributed by atoms with E-state index in [9.17, 15) is 9.90 Å². The molecule has 0 aromatic heterocycles. The molecule has 6 heteroatoms. The third-order valence-corrected chi connectivity index (χ3v) is 2.10. The van der Waals surface area contributed by atoms with Crippen molar-refractivity contribution < 1.29 is 28.8 Å². The average molecular weight is 250 g/mol. The number of carbonyl (C=O) groups is 1. The highest BCUT2D eigenvalue weighted by Gasteiger charge is 2.14. The molecule has 0 amide bonds. The summed E-state index contributed by atoms with van der Waals surface area (Å²) < 4.78 is 19.6. The lowest BCUT2D eigenvalue weighted by Gasteiger charge is -2.16. The molecule has 0 saturated carbocycles. The average Bonchev–Trinajstić information content (AvgIpc) is 2.28. The van der Waals surface area contributed by atoms with Crippen LogP contribution in [0.25, 0.3) is 0 Å². The van der Waals surface area contributed by atoms with Gasteiger partial charge in [0.25, 0.3) is 0 Å². The maximum absolute atomic E-state index is 10.9. The van der Waals surface area contributed by atoms with Gasteiger partial charge in [-0.2, -0.15) is 0 Å². The smallest absolute Gasteiger partial charge is 0.308 e. The van der Waals surface area contributed by atoms with E-state index in [0.717, 1.165) is 0 Å². The maximum Gasteiger partial charge on any atom is 0.308 e. The van der Waals surface area contributed by atoms with Crippen LogP contribution >= 0.6 is 0 Å². The zero-order valence-corrected chi connectivity index (χ0v) is 10.7. The Bertz CT molecular complexity index is 196. The van der Waals surface area contributed by atoms with Crippen LogP contribution in [0.2, 0.25) is 0 Å². The molecule has 0 saturated heterocycles. The number of methoxy groups -OCH3 is 2. The van der Waals surface area contributed by atoms with Crippen LogP contribution in [0.3, 0.4) is 0 Å². The summed E-state index contributed by atoms with van der Waals surface area (Å²) in [6, 6.07) is 0. The Morgan fingerprint density at radius 2 is 2.00 bits per heavy atom. The van der Waals surface area contributed by atoms with Gasteiger partial charge in [0.05, 0.1) is 39.0 Å². The number of rotatable bonds is 10. The first kappa shape index (κ1) is 16.3. The predicted octanol–water partition coefficient (Wildman–Crippen LogP) is 0.326. The molecule has 1 N–H and O–H groups in total. The highest BCUT2D eigenvalue weighted by atomic mass is 16.7. The molecule has 0 aliphatic carbocycles. The number of ether oxygens (including phenoxy) is 4. The minimum atomic E-state index is -0.753. The molecule has 0 radical (unpaired) electrons. The molecule has 0 bridgehead atoms. The van der Waals surface area contributed by atoms with Crippen LogP contribution in [0.15, 0.2) is 0 Å². The van der Waals surface area contributed by atoms with Crippen molar-refractivity contribution in [2.45, 2.75) is 32.0 Å². The van der Waals surface area contributed by atoms with Gasteiger partial charge in [0.1, 0.15) is 6.79 Å². The third kappa shape index (κ3) is 10.2.